The predicted octanol–water partition coefficient (Wildman–Crippen LogP) is 24.6. The highest BCUT2D eigenvalue weighted by molar-refractivity contribution is 6.14. The lowest BCUT2D eigenvalue weighted by molar-refractivity contribution is 0.590. The van der Waals surface area contributed by atoms with Crippen LogP contribution in [0.5, 0.6) is 0 Å². The number of para-hydroxylation sites is 2. The number of anilines is 6. The molecule has 2 aromatic heterocycles. The molecule has 0 fully saturated rings. The number of benzene rings is 13. The second kappa shape index (κ2) is 20.8. The molecule has 0 amide bonds. The first-order valence-electron chi connectivity index (χ1n) is 32.8. The first kappa shape index (κ1) is 54.9. The molecular weight excluding hydrogens is 1130 g/mol. The Bertz CT molecular complexity index is 5200. The van der Waals surface area contributed by atoms with Crippen molar-refractivity contribution < 1.29 is 8.83 Å². The second-order valence-corrected chi connectivity index (χ2v) is 27.9. The fourth-order valence-electron chi connectivity index (χ4n) is 15.9. The minimum atomic E-state index is -0.254. The average Bonchev–Trinajstić information content (AvgIpc) is 1.50. The van der Waals surface area contributed by atoms with E-state index in [2.05, 4.69) is 330 Å². The van der Waals surface area contributed by atoms with Gasteiger partial charge in [-0.05, 0) is 186 Å². The van der Waals surface area contributed by atoms with E-state index in [0.717, 1.165) is 107 Å². The molecule has 0 atom stereocenters. The van der Waals surface area contributed by atoms with Crippen molar-refractivity contribution in [1.82, 2.24) is 0 Å². The van der Waals surface area contributed by atoms with Gasteiger partial charge < -0.3 is 18.6 Å². The van der Waals surface area contributed by atoms with Crippen molar-refractivity contribution in [2.24, 2.45) is 0 Å². The van der Waals surface area contributed by atoms with E-state index >= 15 is 0 Å². The number of rotatable bonds is 7. The third-order valence-corrected chi connectivity index (χ3v) is 20.3. The Hall–Kier alpha value is -10.9. The molecule has 0 saturated heterocycles. The zero-order chi connectivity index (χ0) is 62.4. The topological polar surface area (TPSA) is 32.8 Å². The molecule has 3 aliphatic rings. The van der Waals surface area contributed by atoms with E-state index in [0.29, 0.717) is 0 Å². The smallest absolute Gasteiger partial charge is 0.136 e. The molecule has 15 aromatic rings. The predicted molar refractivity (Wildman–Crippen MR) is 387 cm³/mol. The summed E-state index contributed by atoms with van der Waals surface area (Å²) in [5, 5.41) is 4.45. The molecule has 18 rings (SSSR count). The molecule has 93 heavy (non-hydrogen) atoms. The minimum Gasteiger partial charge on any atom is -0.456 e. The van der Waals surface area contributed by atoms with Crippen LogP contribution in [0, 0.1) is 0 Å². The number of hydrogen-bond acceptors (Lipinski definition) is 4. The number of nitrogens with zero attached hydrogens (tertiary/aromatic N) is 2. The summed E-state index contributed by atoms with van der Waals surface area (Å²) < 4.78 is 13.3. The lowest BCUT2D eigenvalue weighted by atomic mass is 9.71. The summed E-state index contributed by atoms with van der Waals surface area (Å²) in [4.78, 5) is 5.32. The maximum Gasteiger partial charge on any atom is 0.136 e. The molecule has 13 aromatic carbocycles. The molecule has 446 valence electrons. The Morgan fingerprint density at radius 2 is 0.710 bits per heavy atom. The van der Waals surface area contributed by atoms with Crippen LogP contribution >= 0.6 is 0 Å². The van der Waals surface area contributed by atoms with Crippen LogP contribution in [0.3, 0.4) is 0 Å². The first-order chi connectivity index (χ1) is 45.4. The van der Waals surface area contributed by atoms with Gasteiger partial charge in [-0.25, -0.2) is 0 Å². The zero-order valence-electron chi connectivity index (χ0n) is 53.1. The number of hydrogen-bond donors (Lipinski definition) is 0. The lowest BCUT2D eigenvalue weighted by Gasteiger charge is -2.47. The maximum atomic E-state index is 6.66. The summed E-state index contributed by atoms with van der Waals surface area (Å²) >= 11 is 0. The van der Waals surface area contributed by atoms with Crippen LogP contribution in [0.15, 0.2) is 288 Å². The van der Waals surface area contributed by atoms with Crippen LogP contribution in [0.25, 0.3) is 88.4 Å². The standard InChI is InChI=1S/C89H68N2O2/c1-88(2,3)61-41-45-73(69(52-61)54-23-9-7-10-24-54)90-75-43-39-58(65-33-21-37-81-84(65)67-31-17-19-35-79(67)92-81)48-71(75)86-72-49-59(66-34-22-38-82-85(66)68-32-18-20-36-80(68)93-82)40-44-76(72)91(74-46-42-62(89(4,5)6)53-70(74)55-25-11-8-12-26-55)78-51-60(50-77(90)87(78)86)83-63-29-15-13-27-56(63)47-57-28-14-16-30-64(57)83/h7-46,48-53,83,86H,47H2,1-6H3. The van der Waals surface area contributed by atoms with Gasteiger partial charge >= 0.3 is 0 Å². The molecule has 2 aliphatic heterocycles. The Labute approximate surface area is 543 Å². The lowest BCUT2D eigenvalue weighted by Crippen LogP contribution is -2.30. The SMILES string of the molecule is CC(C)(C)c1ccc(N2c3ccc(-c4cccc5oc6ccccc6c45)cc3C3c4cc(-c5cccc6oc7ccccc7c56)ccc4N(c4ccc(C(C)(C)C)cc4-c4ccccc4)c4cc(C5c6ccccc6Cc6ccccc65)cc2c43)c(-c2ccccc2)c1. The normalized spacial score (nSPS) is 13.7. The molecule has 0 N–H and O–H groups in total. The molecule has 1 aliphatic carbocycles. The van der Waals surface area contributed by atoms with Crippen LogP contribution in [0.2, 0.25) is 0 Å². The van der Waals surface area contributed by atoms with Gasteiger partial charge in [-0.1, -0.05) is 236 Å². The molecule has 4 heteroatoms. The van der Waals surface area contributed by atoms with Gasteiger partial charge in [-0.15, -0.1) is 0 Å². The van der Waals surface area contributed by atoms with Crippen molar-refractivity contribution in [3.8, 4) is 44.5 Å². The highest BCUT2D eigenvalue weighted by atomic mass is 16.3. The second-order valence-electron chi connectivity index (χ2n) is 27.9. The molecule has 0 radical (unpaired) electrons. The summed E-state index contributed by atoms with van der Waals surface area (Å²) in [5.41, 5.74) is 32.3. The highest BCUT2D eigenvalue weighted by Gasteiger charge is 2.44. The molecule has 4 nitrogen and oxygen atoms in total. The van der Waals surface area contributed by atoms with E-state index in [1.807, 2.05) is 0 Å². The van der Waals surface area contributed by atoms with Crippen molar-refractivity contribution in [3.63, 3.8) is 0 Å². The van der Waals surface area contributed by atoms with Gasteiger partial charge in [0.2, 0.25) is 0 Å². The number of fused-ring (bicyclic) bond motifs is 12. The van der Waals surface area contributed by atoms with Crippen LogP contribution in [-0.4, -0.2) is 0 Å². The summed E-state index contributed by atoms with van der Waals surface area (Å²) in [6, 6.07) is 105. The minimum absolute atomic E-state index is 0.0633. The Balaban J connectivity index is 1.01. The van der Waals surface area contributed by atoms with E-state index < -0.39 is 0 Å². The van der Waals surface area contributed by atoms with Crippen molar-refractivity contribution in [3.05, 3.63) is 335 Å². The van der Waals surface area contributed by atoms with Gasteiger partial charge in [0.05, 0.1) is 34.1 Å². The molecule has 0 unspecified atom stereocenters. The fraction of sp³-hybridized carbons (Fsp3) is 0.124. The van der Waals surface area contributed by atoms with Crippen LogP contribution < -0.4 is 9.80 Å². The third-order valence-electron chi connectivity index (χ3n) is 20.3. The Kier molecular flexibility index (Phi) is 12.3. The molecular formula is C89H68N2O2. The Morgan fingerprint density at radius 3 is 1.17 bits per heavy atom. The van der Waals surface area contributed by atoms with Crippen molar-refractivity contribution in [2.45, 2.75) is 70.6 Å². The number of furan rings is 2. The third kappa shape index (κ3) is 8.72. The van der Waals surface area contributed by atoms with Crippen LogP contribution in [0.4, 0.5) is 34.1 Å². The first-order valence-corrected chi connectivity index (χ1v) is 32.8. The van der Waals surface area contributed by atoms with Crippen molar-refractivity contribution in [2.75, 3.05) is 9.80 Å². The maximum absolute atomic E-state index is 6.66. The monoisotopic (exact) mass is 1200 g/mol. The van der Waals surface area contributed by atoms with Gasteiger partial charge in [0.25, 0.3) is 0 Å². The highest BCUT2D eigenvalue weighted by Crippen LogP contribution is 2.64. The average molecular weight is 1200 g/mol. The molecule has 0 spiro atoms. The summed E-state index contributed by atoms with van der Waals surface area (Å²) in [6.45, 7) is 14.0. The van der Waals surface area contributed by atoms with E-state index in [-0.39, 0.29) is 22.7 Å². The van der Waals surface area contributed by atoms with Crippen LogP contribution in [0.1, 0.15) is 109 Å². The van der Waals surface area contributed by atoms with Crippen molar-refractivity contribution >= 4 is 78.0 Å². The summed E-state index contributed by atoms with van der Waals surface area (Å²) in [7, 11) is 0. The van der Waals surface area contributed by atoms with Crippen molar-refractivity contribution in [1.29, 1.82) is 0 Å². The zero-order valence-corrected chi connectivity index (χ0v) is 53.1. The van der Waals surface area contributed by atoms with Gasteiger partial charge in [-0.2, -0.15) is 0 Å². The summed E-state index contributed by atoms with van der Waals surface area (Å²) in [6.07, 6.45) is 0.887. The van der Waals surface area contributed by atoms with Gasteiger partial charge in [0.15, 0.2) is 0 Å². The largest absolute Gasteiger partial charge is 0.456 e. The van der Waals surface area contributed by atoms with E-state index in [1.54, 1.807) is 0 Å². The van der Waals surface area contributed by atoms with E-state index in [9.17, 15) is 0 Å². The molecule has 4 heterocycles. The summed E-state index contributed by atoms with van der Waals surface area (Å²) in [5.74, 6) is -0.317. The fourth-order valence-corrected chi connectivity index (χ4v) is 15.9. The van der Waals surface area contributed by atoms with Gasteiger partial charge in [-0.3, -0.25) is 0 Å². The quantitative estimate of drug-likeness (QED) is 0.159. The van der Waals surface area contributed by atoms with E-state index in [1.165, 1.54) is 77.9 Å². The van der Waals surface area contributed by atoms with Crippen LogP contribution in [-0.2, 0) is 17.3 Å². The molecule has 0 bridgehead atoms. The molecule has 0 saturated carbocycles. The van der Waals surface area contributed by atoms with Gasteiger partial charge in [0, 0.05) is 50.1 Å². The van der Waals surface area contributed by atoms with Gasteiger partial charge in [0.1, 0.15) is 22.3 Å². The van der Waals surface area contributed by atoms with E-state index in [4.69, 9.17) is 8.83 Å². The Morgan fingerprint density at radius 1 is 0.301 bits per heavy atom.